The van der Waals surface area contributed by atoms with E-state index in [0.29, 0.717) is 18.4 Å². The number of carbonyl (C=O) groups excluding carboxylic acids is 1. The van der Waals surface area contributed by atoms with Gasteiger partial charge in [-0.3, -0.25) is 4.79 Å². The van der Waals surface area contributed by atoms with Gasteiger partial charge in [0.15, 0.2) is 0 Å². The van der Waals surface area contributed by atoms with Gasteiger partial charge >= 0.3 is 0 Å². The summed E-state index contributed by atoms with van der Waals surface area (Å²) >= 11 is 1.88. The molecule has 0 saturated carbocycles. The summed E-state index contributed by atoms with van der Waals surface area (Å²) in [6.07, 6.45) is 3.00. The molecule has 1 atom stereocenters. The standard InChI is InChI=1S/C12H24N2OS/c1-3-16-9-10(2)14-12(15)8-11-4-6-13-7-5-11/h10-11,13H,3-9H2,1-2H3,(H,14,15). The molecule has 1 unspecified atom stereocenters. The molecule has 4 heteroatoms. The molecule has 0 bridgehead atoms. The summed E-state index contributed by atoms with van der Waals surface area (Å²) in [5.41, 5.74) is 0. The van der Waals surface area contributed by atoms with Crippen molar-refractivity contribution >= 4 is 17.7 Å². The van der Waals surface area contributed by atoms with E-state index in [-0.39, 0.29) is 5.91 Å². The van der Waals surface area contributed by atoms with Crippen LogP contribution >= 0.6 is 11.8 Å². The summed E-state index contributed by atoms with van der Waals surface area (Å²) in [6, 6.07) is 0.305. The second kappa shape index (κ2) is 7.96. The quantitative estimate of drug-likeness (QED) is 0.746. The molecule has 1 fully saturated rings. The topological polar surface area (TPSA) is 41.1 Å². The van der Waals surface area contributed by atoms with E-state index < -0.39 is 0 Å². The number of piperidine rings is 1. The first-order valence-corrected chi connectivity index (χ1v) is 7.45. The van der Waals surface area contributed by atoms with Crippen LogP contribution in [0.1, 0.15) is 33.1 Å². The molecule has 2 N–H and O–H groups in total. The van der Waals surface area contributed by atoms with Gasteiger partial charge in [-0.1, -0.05) is 6.92 Å². The Morgan fingerprint density at radius 3 is 2.81 bits per heavy atom. The van der Waals surface area contributed by atoms with Gasteiger partial charge in [-0.15, -0.1) is 0 Å². The first kappa shape index (κ1) is 13.8. The lowest BCUT2D eigenvalue weighted by molar-refractivity contribution is -0.122. The SMILES string of the molecule is CCSCC(C)NC(=O)CC1CCNCC1. The van der Waals surface area contributed by atoms with Crippen molar-refractivity contribution in [1.29, 1.82) is 0 Å². The highest BCUT2D eigenvalue weighted by atomic mass is 32.2. The van der Waals surface area contributed by atoms with Gasteiger partial charge in [-0.05, 0) is 44.5 Å². The second-order valence-electron chi connectivity index (χ2n) is 4.53. The number of hydrogen-bond acceptors (Lipinski definition) is 3. The molecule has 0 aromatic carbocycles. The van der Waals surface area contributed by atoms with E-state index in [0.717, 1.165) is 37.4 Å². The first-order valence-electron chi connectivity index (χ1n) is 6.30. The van der Waals surface area contributed by atoms with E-state index >= 15 is 0 Å². The minimum absolute atomic E-state index is 0.233. The van der Waals surface area contributed by atoms with E-state index in [4.69, 9.17) is 0 Å². The van der Waals surface area contributed by atoms with Crippen LogP contribution in [0.5, 0.6) is 0 Å². The summed E-state index contributed by atoms with van der Waals surface area (Å²) in [4.78, 5) is 11.7. The molecule has 1 saturated heterocycles. The number of rotatable bonds is 6. The van der Waals surface area contributed by atoms with Crippen LogP contribution < -0.4 is 10.6 Å². The van der Waals surface area contributed by atoms with Crippen molar-refractivity contribution in [3.8, 4) is 0 Å². The molecule has 1 rings (SSSR count). The van der Waals surface area contributed by atoms with Gasteiger partial charge in [0.25, 0.3) is 0 Å². The van der Waals surface area contributed by atoms with Gasteiger partial charge < -0.3 is 10.6 Å². The van der Waals surface area contributed by atoms with Crippen molar-refractivity contribution in [2.24, 2.45) is 5.92 Å². The molecule has 3 nitrogen and oxygen atoms in total. The van der Waals surface area contributed by atoms with Crippen molar-refractivity contribution in [2.45, 2.75) is 39.2 Å². The number of thioether (sulfide) groups is 1. The lowest BCUT2D eigenvalue weighted by atomic mass is 9.94. The molecule has 0 aliphatic carbocycles. The Hall–Kier alpha value is -0.220. The number of amides is 1. The van der Waals surface area contributed by atoms with Gasteiger partial charge in [-0.2, -0.15) is 11.8 Å². The Morgan fingerprint density at radius 2 is 2.19 bits per heavy atom. The fourth-order valence-corrected chi connectivity index (χ4v) is 2.69. The first-order chi connectivity index (χ1) is 7.72. The Kier molecular flexibility index (Phi) is 6.88. The minimum Gasteiger partial charge on any atom is -0.353 e. The minimum atomic E-state index is 0.233. The van der Waals surface area contributed by atoms with Crippen LogP contribution in [0.2, 0.25) is 0 Å². The van der Waals surface area contributed by atoms with Crippen molar-refractivity contribution in [2.75, 3.05) is 24.6 Å². The Labute approximate surface area is 103 Å². The van der Waals surface area contributed by atoms with Crippen LogP contribution in [-0.4, -0.2) is 36.5 Å². The fraction of sp³-hybridized carbons (Fsp3) is 0.917. The molecule has 16 heavy (non-hydrogen) atoms. The molecule has 0 aromatic heterocycles. The predicted molar refractivity (Wildman–Crippen MR) is 70.8 cm³/mol. The Balaban J connectivity index is 2.13. The maximum Gasteiger partial charge on any atom is 0.220 e. The van der Waals surface area contributed by atoms with E-state index in [1.807, 2.05) is 11.8 Å². The van der Waals surface area contributed by atoms with Crippen molar-refractivity contribution in [3.05, 3.63) is 0 Å². The van der Waals surface area contributed by atoms with Gasteiger partial charge in [0.1, 0.15) is 0 Å². The zero-order chi connectivity index (χ0) is 11.8. The van der Waals surface area contributed by atoms with E-state index in [1.165, 1.54) is 0 Å². The maximum absolute atomic E-state index is 11.7. The largest absolute Gasteiger partial charge is 0.353 e. The molecule has 94 valence electrons. The zero-order valence-corrected chi connectivity index (χ0v) is 11.2. The van der Waals surface area contributed by atoms with Crippen LogP contribution in [-0.2, 0) is 4.79 Å². The summed E-state index contributed by atoms with van der Waals surface area (Å²) < 4.78 is 0. The number of nitrogens with one attached hydrogen (secondary N) is 2. The normalized spacial score (nSPS) is 19.4. The highest BCUT2D eigenvalue weighted by molar-refractivity contribution is 7.99. The molecular weight excluding hydrogens is 220 g/mol. The molecule has 0 radical (unpaired) electrons. The average molecular weight is 244 g/mol. The van der Waals surface area contributed by atoms with E-state index in [2.05, 4.69) is 24.5 Å². The van der Waals surface area contributed by atoms with Gasteiger partial charge in [0, 0.05) is 18.2 Å². The van der Waals surface area contributed by atoms with Crippen LogP contribution in [0.15, 0.2) is 0 Å². The van der Waals surface area contributed by atoms with Crippen molar-refractivity contribution < 1.29 is 4.79 Å². The molecule has 1 aliphatic rings. The summed E-state index contributed by atoms with van der Waals surface area (Å²) in [7, 11) is 0. The number of carbonyl (C=O) groups is 1. The number of hydrogen-bond donors (Lipinski definition) is 2. The Bertz CT molecular complexity index is 205. The maximum atomic E-state index is 11.7. The third-order valence-corrected chi connectivity index (χ3v) is 4.06. The highest BCUT2D eigenvalue weighted by Gasteiger charge is 2.17. The molecule has 0 aromatic rings. The lowest BCUT2D eigenvalue weighted by Gasteiger charge is -2.23. The van der Waals surface area contributed by atoms with Crippen molar-refractivity contribution in [1.82, 2.24) is 10.6 Å². The molecular formula is C12H24N2OS. The second-order valence-corrected chi connectivity index (χ2v) is 5.84. The monoisotopic (exact) mass is 244 g/mol. The Morgan fingerprint density at radius 1 is 1.50 bits per heavy atom. The van der Waals surface area contributed by atoms with Gasteiger partial charge in [0.05, 0.1) is 0 Å². The van der Waals surface area contributed by atoms with Crippen molar-refractivity contribution in [3.63, 3.8) is 0 Å². The molecule has 1 heterocycles. The molecule has 1 amide bonds. The third kappa shape index (κ3) is 5.75. The van der Waals surface area contributed by atoms with Crippen LogP contribution in [0.3, 0.4) is 0 Å². The van der Waals surface area contributed by atoms with Gasteiger partial charge in [0.2, 0.25) is 5.91 Å². The fourth-order valence-electron chi connectivity index (χ4n) is 2.02. The smallest absolute Gasteiger partial charge is 0.220 e. The van der Waals surface area contributed by atoms with Crippen LogP contribution in [0.25, 0.3) is 0 Å². The van der Waals surface area contributed by atoms with Crippen LogP contribution in [0, 0.1) is 5.92 Å². The average Bonchev–Trinajstić information content (AvgIpc) is 2.27. The molecule has 0 spiro atoms. The lowest BCUT2D eigenvalue weighted by Crippen LogP contribution is -2.37. The van der Waals surface area contributed by atoms with Crippen LogP contribution in [0.4, 0.5) is 0 Å². The summed E-state index contributed by atoms with van der Waals surface area (Å²) in [5.74, 6) is 2.96. The summed E-state index contributed by atoms with van der Waals surface area (Å²) in [5, 5.41) is 6.40. The molecule has 1 aliphatic heterocycles. The van der Waals surface area contributed by atoms with E-state index in [9.17, 15) is 4.79 Å². The predicted octanol–water partition coefficient (Wildman–Crippen LogP) is 1.63. The highest BCUT2D eigenvalue weighted by Crippen LogP contribution is 2.15. The zero-order valence-electron chi connectivity index (χ0n) is 10.4. The van der Waals surface area contributed by atoms with E-state index in [1.54, 1.807) is 0 Å². The third-order valence-electron chi connectivity index (χ3n) is 2.91. The summed E-state index contributed by atoms with van der Waals surface area (Å²) in [6.45, 7) is 6.37. The van der Waals surface area contributed by atoms with Gasteiger partial charge in [-0.25, -0.2) is 0 Å².